The first-order valence-electron chi connectivity index (χ1n) is 10.7. The van der Waals surface area contributed by atoms with Gasteiger partial charge in [-0.05, 0) is 52.4 Å². The molecule has 0 radical (unpaired) electrons. The maximum Gasteiger partial charge on any atom is 0.276 e. The van der Waals surface area contributed by atoms with Crippen LogP contribution in [0.5, 0.6) is 5.75 Å². The molecule has 7 heteroatoms. The molecule has 1 aliphatic heterocycles. The van der Waals surface area contributed by atoms with E-state index in [1.807, 2.05) is 38.1 Å². The number of carbonyl (C=O) groups is 1. The van der Waals surface area contributed by atoms with Crippen molar-refractivity contribution in [3.8, 4) is 5.75 Å². The number of amides is 1. The first-order valence-corrected chi connectivity index (χ1v) is 10.7. The highest BCUT2D eigenvalue weighted by Crippen LogP contribution is 2.24. The lowest BCUT2D eigenvalue weighted by atomic mass is 9.96. The number of likely N-dealkylation sites (N-methyl/N-ethyl adjacent to an activating group) is 1. The second-order valence-corrected chi connectivity index (χ2v) is 8.43. The Bertz CT molecular complexity index is 820. The number of ether oxygens (including phenoxy) is 1. The summed E-state index contributed by atoms with van der Waals surface area (Å²) in [5, 5.41) is 3.94. The smallest absolute Gasteiger partial charge is 0.276 e. The van der Waals surface area contributed by atoms with Crippen LogP contribution in [-0.2, 0) is 6.54 Å². The lowest BCUT2D eigenvalue weighted by Crippen LogP contribution is -2.44. The molecule has 7 nitrogen and oxygen atoms in total. The van der Waals surface area contributed by atoms with Crippen LogP contribution in [0.2, 0.25) is 0 Å². The molecule has 0 aliphatic carbocycles. The van der Waals surface area contributed by atoms with Gasteiger partial charge in [-0.3, -0.25) is 9.69 Å². The Morgan fingerprint density at radius 2 is 2.10 bits per heavy atom. The summed E-state index contributed by atoms with van der Waals surface area (Å²) in [6.07, 6.45) is 2.27. The van der Waals surface area contributed by atoms with Crippen LogP contribution in [0, 0.1) is 12.8 Å². The molecular formula is C23H34N4O3. The number of methoxy groups -OCH3 is 1. The number of carbonyl (C=O) groups excluding carboxylic acids is 1. The van der Waals surface area contributed by atoms with Gasteiger partial charge < -0.3 is 19.1 Å². The van der Waals surface area contributed by atoms with E-state index in [2.05, 4.69) is 27.1 Å². The van der Waals surface area contributed by atoms with E-state index in [9.17, 15) is 4.79 Å². The predicted molar refractivity (Wildman–Crippen MR) is 117 cm³/mol. The number of likely N-dealkylation sites (tertiary alicyclic amines) is 1. The molecule has 1 aromatic carbocycles. The maximum absolute atomic E-state index is 13.1. The van der Waals surface area contributed by atoms with Gasteiger partial charge in [-0.15, -0.1) is 0 Å². The van der Waals surface area contributed by atoms with Crippen molar-refractivity contribution < 1.29 is 14.1 Å². The van der Waals surface area contributed by atoms with Gasteiger partial charge in [0.25, 0.3) is 5.91 Å². The molecule has 1 aromatic heterocycles. The predicted octanol–water partition coefficient (Wildman–Crippen LogP) is 2.91. The molecule has 1 saturated heterocycles. The monoisotopic (exact) mass is 414 g/mol. The number of aromatic nitrogens is 1. The van der Waals surface area contributed by atoms with Crippen molar-refractivity contribution in [2.24, 2.45) is 5.92 Å². The molecule has 164 valence electrons. The van der Waals surface area contributed by atoms with Crippen molar-refractivity contribution in [2.45, 2.75) is 26.3 Å². The molecule has 0 bridgehead atoms. The quantitative estimate of drug-likeness (QED) is 0.629. The van der Waals surface area contributed by atoms with Gasteiger partial charge in [0.05, 0.1) is 7.11 Å². The molecule has 30 heavy (non-hydrogen) atoms. The third-order valence-electron chi connectivity index (χ3n) is 5.62. The average Bonchev–Trinajstić information content (AvgIpc) is 3.17. The van der Waals surface area contributed by atoms with E-state index in [0.29, 0.717) is 23.9 Å². The van der Waals surface area contributed by atoms with E-state index in [4.69, 9.17) is 9.26 Å². The Hall–Kier alpha value is -2.38. The van der Waals surface area contributed by atoms with E-state index >= 15 is 0 Å². The van der Waals surface area contributed by atoms with Crippen molar-refractivity contribution in [2.75, 3.05) is 53.9 Å². The molecule has 2 heterocycles. The average molecular weight is 415 g/mol. The van der Waals surface area contributed by atoms with E-state index in [0.717, 1.165) is 51.3 Å². The Morgan fingerprint density at radius 1 is 1.30 bits per heavy atom. The van der Waals surface area contributed by atoms with Crippen LogP contribution in [0.4, 0.5) is 0 Å². The highest BCUT2D eigenvalue weighted by molar-refractivity contribution is 5.92. The lowest BCUT2D eigenvalue weighted by molar-refractivity contribution is 0.0650. The van der Waals surface area contributed by atoms with Gasteiger partial charge in [0.15, 0.2) is 5.69 Å². The largest absolute Gasteiger partial charge is 0.496 e. The van der Waals surface area contributed by atoms with E-state index < -0.39 is 0 Å². The molecule has 1 atom stereocenters. The molecule has 0 N–H and O–H groups in total. The summed E-state index contributed by atoms with van der Waals surface area (Å²) in [6, 6.07) is 9.92. The van der Waals surface area contributed by atoms with E-state index in [1.165, 1.54) is 5.56 Å². The van der Waals surface area contributed by atoms with Crippen LogP contribution in [0.1, 0.15) is 34.7 Å². The number of aryl methyl sites for hydroxylation is 1. The fourth-order valence-electron chi connectivity index (χ4n) is 4.06. The number of hydrogen-bond acceptors (Lipinski definition) is 6. The zero-order valence-corrected chi connectivity index (χ0v) is 18.6. The van der Waals surface area contributed by atoms with Crippen molar-refractivity contribution >= 4 is 5.91 Å². The summed E-state index contributed by atoms with van der Waals surface area (Å²) in [4.78, 5) is 19.6. The summed E-state index contributed by atoms with van der Waals surface area (Å²) < 4.78 is 10.6. The second kappa shape index (κ2) is 10.6. The number of hydrogen-bond donors (Lipinski definition) is 0. The van der Waals surface area contributed by atoms with Gasteiger partial charge in [-0.2, -0.15) is 0 Å². The SMILES string of the molecule is COc1ccccc1CN1CCCC(CN(CCN(C)C)C(=O)c2cc(C)on2)C1. The first kappa shape index (κ1) is 22.3. The minimum atomic E-state index is -0.0458. The van der Waals surface area contributed by atoms with Crippen LogP contribution in [-0.4, -0.2) is 79.7 Å². The molecule has 0 spiro atoms. The topological polar surface area (TPSA) is 62.1 Å². The molecule has 2 aromatic rings. The van der Waals surface area contributed by atoms with Gasteiger partial charge in [-0.25, -0.2) is 0 Å². The summed E-state index contributed by atoms with van der Waals surface area (Å²) in [7, 11) is 5.77. The van der Waals surface area contributed by atoms with Gasteiger partial charge in [-0.1, -0.05) is 23.4 Å². The molecule has 1 aliphatic rings. The lowest BCUT2D eigenvalue weighted by Gasteiger charge is -2.36. The zero-order chi connectivity index (χ0) is 21.5. The fourth-order valence-corrected chi connectivity index (χ4v) is 4.06. The number of piperidine rings is 1. The zero-order valence-electron chi connectivity index (χ0n) is 18.6. The van der Waals surface area contributed by atoms with Crippen molar-refractivity contribution in [3.05, 3.63) is 47.3 Å². The highest BCUT2D eigenvalue weighted by Gasteiger charge is 2.26. The molecule has 1 amide bonds. The Labute approximate surface area is 179 Å². The first-order chi connectivity index (χ1) is 14.5. The van der Waals surface area contributed by atoms with Crippen LogP contribution in [0.15, 0.2) is 34.9 Å². The molecule has 1 fully saturated rings. The summed E-state index contributed by atoms with van der Waals surface area (Å²) in [5.41, 5.74) is 1.60. The molecule has 3 rings (SSSR count). The third-order valence-corrected chi connectivity index (χ3v) is 5.62. The Balaban J connectivity index is 1.65. The number of rotatable bonds is 9. The van der Waals surface area contributed by atoms with Crippen molar-refractivity contribution in [1.82, 2.24) is 19.9 Å². The highest BCUT2D eigenvalue weighted by atomic mass is 16.5. The number of nitrogens with zero attached hydrogens (tertiary/aromatic N) is 4. The number of para-hydroxylation sites is 1. The Kier molecular flexibility index (Phi) is 7.87. The normalized spacial score (nSPS) is 17.3. The van der Waals surface area contributed by atoms with Gasteiger partial charge in [0.1, 0.15) is 11.5 Å². The van der Waals surface area contributed by atoms with Crippen molar-refractivity contribution in [1.29, 1.82) is 0 Å². The number of benzene rings is 1. The van der Waals surface area contributed by atoms with Crippen LogP contribution in [0.25, 0.3) is 0 Å². The maximum atomic E-state index is 13.1. The minimum Gasteiger partial charge on any atom is -0.496 e. The van der Waals surface area contributed by atoms with Gasteiger partial charge in [0, 0.05) is 44.4 Å². The third kappa shape index (κ3) is 6.06. The summed E-state index contributed by atoms with van der Waals surface area (Å²) in [6.45, 7) is 6.96. The molecule has 0 saturated carbocycles. The minimum absolute atomic E-state index is 0.0458. The Morgan fingerprint density at radius 3 is 2.80 bits per heavy atom. The fraction of sp³-hybridized carbons (Fsp3) is 0.565. The van der Waals surface area contributed by atoms with Crippen LogP contribution in [0.3, 0.4) is 0 Å². The van der Waals surface area contributed by atoms with Crippen LogP contribution < -0.4 is 4.74 Å². The van der Waals surface area contributed by atoms with E-state index in [1.54, 1.807) is 13.2 Å². The van der Waals surface area contributed by atoms with E-state index in [-0.39, 0.29) is 5.91 Å². The summed E-state index contributed by atoms with van der Waals surface area (Å²) >= 11 is 0. The molecular weight excluding hydrogens is 380 g/mol. The second-order valence-electron chi connectivity index (χ2n) is 8.43. The molecule has 1 unspecified atom stereocenters. The summed E-state index contributed by atoms with van der Waals surface area (Å²) in [5.74, 6) is 1.98. The van der Waals surface area contributed by atoms with Gasteiger partial charge in [0.2, 0.25) is 0 Å². The van der Waals surface area contributed by atoms with Crippen molar-refractivity contribution in [3.63, 3.8) is 0 Å². The standard InChI is InChI=1S/C23H34N4O3/c1-18-14-21(24-30-18)23(28)27(13-12-25(2)3)16-19-8-7-11-26(15-19)17-20-9-5-6-10-22(20)29-4/h5-6,9-10,14,19H,7-8,11-13,15-17H2,1-4H3. The van der Waals surface area contributed by atoms with Gasteiger partial charge >= 0.3 is 0 Å². The van der Waals surface area contributed by atoms with Crippen LogP contribution >= 0.6 is 0 Å².